The molecule has 0 radical (unpaired) electrons. The Morgan fingerprint density at radius 2 is 2.16 bits per heavy atom. The van der Waals surface area contributed by atoms with E-state index in [0.29, 0.717) is 18.7 Å². The lowest BCUT2D eigenvalue weighted by Gasteiger charge is -2.31. The molecule has 1 aromatic carbocycles. The largest absolute Gasteiger partial charge is 0.338 e. The molecular formula is C16H18N8O. The number of aromatic nitrogens is 7. The molecule has 2 aromatic heterocycles. The van der Waals surface area contributed by atoms with Crippen molar-refractivity contribution < 1.29 is 4.79 Å². The summed E-state index contributed by atoms with van der Waals surface area (Å²) < 4.78 is 1.64. The SMILES string of the molecule is O=C(c1ccc(Cn2cnnn2)cc1)N1CCC[C@@H](c2ncn[nH]2)C1. The number of rotatable bonds is 4. The molecule has 0 bridgehead atoms. The Morgan fingerprint density at radius 1 is 1.28 bits per heavy atom. The first-order valence-electron chi connectivity index (χ1n) is 8.24. The third-order valence-electron chi connectivity index (χ3n) is 4.47. The molecule has 0 spiro atoms. The number of hydrogen-bond acceptors (Lipinski definition) is 6. The number of H-pyrrole nitrogens is 1. The van der Waals surface area contributed by atoms with Crippen molar-refractivity contribution in [2.75, 3.05) is 13.1 Å². The number of carbonyl (C=O) groups is 1. The van der Waals surface area contributed by atoms with Gasteiger partial charge in [-0.15, -0.1) is 5.10 Å². The van der Waals surface area contributed by atoms with Crippen LogP contribution in [0.5, 0.6) is 0 Å². The highest BCUT2D eigenvalue weighted by Crippen LogP contribution is 2.25. The van der Waals surface area contributed by atoms with Crippen molar-refractivity contribution in [1.82, 2.24) is 40.3 Å². The first-order valence-corrected chi connectivity index (χ1v) is 8.24. The van der Waals surface area contributed by atoms with Gasteiger partial charge >= 0.3 is 0 Å². The van der Waals surface area contributed by atoms with Gasteiger partial charge in [0.05, 0.1) is 6.54 Å². The summed E-state index contributed by atoms with van der Waals surface area (Å²) in [5, 5.41) is 17.9. The molecular weight excluding hydrogens is 320 g/mol. The van der Waals surface area contributed by atoms with Crippen LogP contribution < -0.4 is 0 Å². The van der Waals surface area contributed by atoms with Gasteiger partial charge in [-0.25, -0.2) is 9.67 Å². The summed E-state index contributed by atoms with van der Waals surface area (Å²) in [4.78, 5) is 18.9. The summed E-state index contributed by atoms with van der Waals surface area (Å²) >= 11 is 0. The monoisotopic (exact) mass is 338 g/mol. The fourth-order valence-electron chi connectivity index (χ4n) is 3.17. The van der Waals surface area contributed by atoms with Gasteiger partial charge in [-0.1, -0.05) is 12.1 Å². The maximum absolute atomic E-state index is 12.8. The standard InChI is InChI=1S/C16H18N8O/c25-16(23-7-1-2-14(9-23)15-17-10-18-20-15)13-5-3-12(4-6-13)8-24-11-19-21-22-24/h3-6,10-11,14H,1-2,7-9H2,(H,17,18,20)/t14-/m1/s1. The van der Waals surface area contributed by atoms with Gasteiger partial charge in [0.2, 0.25) is 0 Å². The number of tetrazole rings is 1. The molecule has 4 rings (SSSR count). The zero-order valence-corrected chi connectivity index (χ0v) is 13.6. The molecule has 0 unspecified atom stereocenters. The second kappa shape index (κ2) is 6.80. The number of likely N-dealkylation sites (tertiary alicyclic amines) is 1. The van der Waals surface area contributed by atoms with Crippen molar-refractivity contribution in [2.24, 2.45) is 0 Å². The maximum atomic E-state index is 12.8. The average Bonchev–Trinajstić information content (AvgIpc) is 3.36. The number of benzene rings is 1. The quantitative estimate of drug-likeness (QED) is 0.756. The zero-order chi connectivity index (χ0) is 17.1. The summed E-state index contributed by atoms with van der Waals surface area (Å²) in [6.07, 6.45) is 5.06. The average molecular weight is 338 g/mol. The number of amides is 1. The van der Waals surface area contributed by atoms with Gasteiger partial charge in [-0.3, -0.25) is 9.89 Å². The Hall–Kier alpha value is -3.10. The molecule has 1 N–H and O–H groups in total. The lowest BCUT2D eigenvalue weighted by Crippen LogP contribution is -2.39. The minimum atomic E-state index is 0.0539. The molecule has 1 amide bonds. The zero-order valence-electron chi connectivity index (χ0n) is 13.6. The van der Waals surface area contributed by atoms with Gasteiger partial charge in [-0.05, 0) is 41.0 Å². The Bertz CT molecular complexity index is 812. The van der Waals surface area contributed by atoms with Crippen LogP contribution in [0.1, 0.15) is 40.5 Å². The number of aromatic amines is 1. The molecule has 1 atom stereocenters. The van der Waals surface area contributed by atoms with Gasteiger partial charge in [-0.2, -0.15) is 5.10 Å². The van der Waals surface area contributed by atoms with E-state index in [9.17, 15) is 4.79 Å². The maximum Gasteiger partial charge on any atom is 0.253 e. The van der Waals surface area contributed by atoms with Crippen LogP contribution in [0.4, 0.5) is 0 Å². The lowest BCUT2D eigenvalue weighted by molar-refractivity contribution is 0.0704. The second-order valence-electron chi connectivity index (χ2n) is 6.17. The minimum Gasteiger partial charge on any atom is -0.338 e. The molecule has 1 saturated heterocycles. The predicted octanol–water partition coefficient (Wildman–Crippen LogP) is 0.859. The van der Waals surface area contributed by atoms with Gasteiger partial charge in [0.1, 0.15) is 18.5 Å². The van der Waals surface area contributed by atoms with E-state index in [4.69, 9.17) is 0 Å². The molecule has 0 aliphatic carbocycles. The van der Waals surface area contributed by atoms with Crippen molar-refractivity contribution in [2.45, 2.75) is 25.3 Å². The van der Waals surface area contributed by atoms with Gasteiger partial charge < -0.3 is 4.90 Å². The molecule has 1 aliphatic heterocycles. The molecule has 1 fully saturated rings. The van der Waals surface area contributed by atoms with Crippen LogP contribution in [0, 0.1) is 0 Å². The Labute approximate surface area is 144 Å². The van der Waals surface area contributed by atoms with Crippen LogP contribution in [0.3, 0.4) is 0 Å². The molecule has 3 aromatic rings. The van der Waals surface area contributed by atoms with Gasteiger partial charge in [0, 0.05) is 24.6 Å². The van der Waals surface area contributed by atoms with Crippen LogP contribution in [-0.4, -0.2) is 59.3 Å². The molecule has 0 saturated carbocycles. The van der Waals surface area contributed by atoms with Crippen molar-refractivity contribution in [3.05, 3.63) is 53.9 Å². The molecule has 9 heteroatoms. The Kier molecular flexibility index (Phi) is 4.19. The first kappa shape index (κ1) is 15.4. The Morgan fingerprint density at radius 3 is 2.88 bits per heavy atom. The normalized spacial score (nSPS) is 17.6. The molecule has 128 valence electrons. The number of nitrogens with zero attached hydrogens (tertiary/aromatic N) is 7. The van der Waals surface area contributed by atoms with E-state index in [-0.39, 0.29) is 11.8 Å². The topological polar surface area (TPSA) is 105 Å². The summed E-state index contributed by atoms with van der Waals surface area (Å²) in [5.74, 6) is 1.13. The summed E-state index contributed by atoms with van der Waals surface area (Å²) in [6.45, 7) is 2.02. The highest BCUT2D eigenvalue weighted by Gasteiger charge is 2.27. The highest BCUT2D eigenvalue weighted by atomic mass is 16.2. The van der Waals surface area contributed by atoms with E-state index in [1.807, 2.05) is 29.2 Å². The molecule has 9 nitrogen and oxygen atoms in total. The summed E-state index contributed by atoms with van der Waals surface area (Å²) in [5.41, 5.74) is 1.74. The van der Waals surface area contributed by atoms with Crippen LogP contribution in [0.15, 0.2) is 36.9 Å². The third-order valence-corrected chi connectivity index (χ3v) is 4.47. The van der Waals surface area contributed by atoms with E-state index in [2.05, 4.69) is 30.7 Å². The van der Waals surface area contributed by atoms with Crippen molar-refractivity contribution in [3.63, 3.8) is 0 Å². The smallest absolute Gasteiger partial charge is 0.253 e. The first-order chi connectivity index (χ1) is 12.3. The second-order valence-corrected chi connectivity index (χ2v) is 6.17. The van der Waals surface area contributed by atoms with E-state index in [0.717, 1.165) is 30.8 Å². The molecule has 1 aliphatic rings. The van der Waals surface area contributed by atoms with Crippen molar-refractivity contribution in [1.29, 1.82) is 0 Å². The van der Waals surface area contributed by atoms with Crippen molar-refractivity contribution >= 4 is 5.91 Å². The van der Waals surface area contributed by atoms with E-state index in [1.165, 1.54) is 6.33 Å². The summed E-state index contributed by atoms with van der Waals surface area (Å²) in [7, 11) is 0. The minimum absolute atomic E-state index is 0.0539. The van der Waals surface area contributed by atoms with Gasteiger partial charge in [0.25, 0.3) is 5.91 Å². The van der Waals surface area contributed by atoms with Crippen molar-refractivity contribution in [3.8, 4) is 0 Å². The van der Waals surface area contributed by atoms with E-state index < -0.39 is 0 Å². The highest BCUT2D eigenvalue weighted by molar-refractivity contribution is 5.94. The van der Waals surface area contributed by atoms with Crippen LogP contribution in [-0.2, 0) is 6.54 Å². The van der Waals surface area contributed by atoms with E-state index in [1.54, 1.807) is 11.0 Å². The fourth-order valence-corrected chi connectivity index (χ4v) is 3.17. The number of piperidine rings is 1. The number of hydrogen-bond donors (Lipinski definition) is 1. The number of carbonyl (C=O) groups excluding carboxylic acids is 1. The van der Waals surface area contributed by atoms with Gasteiger partial charge in [0.15, 0.2) is 0 Å². The third kappa shape index (κ3) is 3.39. The summed E-state index contributed by atoms with van der Waals surface area (Å²) in [6, 6.07) is 7.60. The molecule has 3 heterocycles. The molecule has 25 heavy (non-hydrogen) atoms. The predicted molar refractivity (Wildman–Crippen MR) is 87.6 cm³/mol. The van der Waals surface area contributed by atoms with Crippen LogP contribution in [0.2, 0.25) is 0 Å². The van der Waals surface area contributed by atoms with E-state index >= 15 is 0 Å². The number of nitrogens with one attached hydrogen (secondary N) is 1. The Balaban J connectivity index is 1.43. The van der Waals surface area contributed by atoms with Crippen LogP contribution in [0.25, 0.3) is 0 Å². The lowest BCUT2D eigenvalue weighted by atomic mass is 9.96. The van der Waals surface area contributed by atoms with Crippen LogP contribution >= 0.6 is 0 Å². The fraction of sp³-hybridized carbons (Fsp3) is 0.375.